The van der Waals surface area contributed by atoms with E-state index in [1.54, 1.807) is 0 Å². The number of hydrogen-bond donors (Lipinski definition) is 1. The van der Waals surface area contributed by atoms with E-state index in [9.17, 15) is 4.79 Å². The SMILES string of the molecule is Cc1ccc(Cl)cc1N1CCN([C@@H](c2cc3ccc(C)c(C)c3[nH]c2=O)c2nnnn2CCc2ccccc2)CC1. The van der Waals surface area contributed by atoms with E-state index in [4.69, 9.17) is 11.6 Å². The second-order valence-corrected chi connectivity index (χ2v) is 11.3. The molecule has 1 N–H and O–H groups in total. The average molecular weight is 568 g/mol. The Bertz CT molecular complexity index is 1740. The summed E-state index contributed by atoms with van der Waals surface area (Å²) >= 11 is 6.34. The number of rotatable bonds is 7. The molecular formula is C32H34ClN7O. The van der Waals surface area contributed by atoms with Crippen LogP contribution in [0.2, 0.25) is 5.02 Å². The average Bonchev–Trinajstić information content (AvgIpc) is 3.45. The van der Waals surface area contributed by atoms with Gasteiger partial charge in [0.15, 0.2) is 5.82 Å². The first-order chi connectivity index (χ1) is 19.9. The van der Waals surface area contributed by atoms with Crippen molar-refractivity contribution in [3.8, 4) is 0 Å². The number of anilines is 1. The minimum atomic E-state index is -0.391. The van der Waals surface area contributed by atoms with Crippen molar-refractivity contribution in [2.75, 3.05) is 31.1 Å². The number of halogens is 1. The topological polar surface area (TPSA) is 82.9 Å². The molecule has 9 heteroatoms. The van der Waals surface area contributed by atoms with Crippen molar-refractivity contribution in [2.45, 2.75) is 39.8 Å². The monoisotopic (exact) mass is 567 g/mol. The number of aromatic nitrogens is 5. The number of aromatic amines is 1. The van der Waals surface area contributed by atoms with Crippen molar-refractivity contribution in [3.63, 3.8) is 0 Å². The third-order valence-electron chi connectivity index (χ3n) is 8.32. The first-order valence-electron chi connectivity index (χ1n) is 14.1. The van der Waals surface area contributed by atoms with Crippen LogP contribution in [-0.4, -0.2) is 56.3 Å². The summed E-state index contributed by atoms with van der Waals surface area (Å²) in [5.41, 5.74) is 7.21. The van der Waals surface area contributed by atoms with Crippen LogP contribution in [0, 0.1) is 20.8 Å². The zero-order valence-electron chi connectivity index (χ0n) is 23.6. The Labute approximate surface area is 244 Å². The maximum atomic E-state index is 13.7. The van der Waals surface area contributed by atoms with Gasteiger partial charge in [0.05, 0.1) is 5.52 Å². The van der Waals surface area contributed by atoms with Gasteiger partial charge in [-0.25, -0.2) is 4.68 Å². The third kappa shape index (κ3) is 5.49. The van der Waals surface area contributed by atoms with E-state index in [0.717, 1.165) is 65.3 Å². The molecule has 1 fully saturated rings. The lowest BCUT2D eigenvalue weighted by atomic mass is 9.99. The molecule has 1 aliphatic heterocycles. The van der Waals surface area contributed by atoms with Gasteiger partial charge in [-0.1, -0.05) is 60.1 Å². The maximum absolute atomic E-state index is 13.7. The molecule has 1 saturated heterocycles. The van der Waals surface area contributed by atoms with Gasteiger partial charge in [-0.05, 0) is 83.5 Å². The van der Waals surface area contributed by atoms with E-state index < -0.39 is 6.04 Å². The maximum Gasteiger partial charge on any atom is 0.253 e. The molecular weight excluding hydrogens is 534 g/mol. The number of piperazine rings is 1. The summed E-state index contributed by atoms with van der Waals surface area (Å²) in [6, 6.07) is 22.1. The highest BCUT2D eigenvalue weighted by molar-refractivity contribution is 6.30. The zero-order chi connectivity index (χ0) is 28.5. The summed E-state index contributed by atoms with van der Waals surface area (Å²) in [7, 11) is 0. The van der Waals surface area contributed by atoms with Gasteiger partial charge in [0.25, 0.3) is 5.56 Å². The van der Waals surface area contributed by atoms with Gasteiger partial charge < -0.3 is 9.88 Å². The Hall–Kier alpha value is -4.01. The number of nitrogens with one attached hydrogen (secondary N) is 1. The molecule has 0 spiro atoms. The van der Waals surface area contributed by atoms with Gasteiger partial charge in [0, 0.05) is 49.0 Å². The number of hydrogen-bond acceptors (Lipinski definition) is 6. The molecule has 0 saturated carbocycles. The minimum absolute atomic E-state index is 0.109. The fraction of sp³-hybridized carbons (Fsp3) is 0.312. The number of fused-ring (bicyclic) bond motifs is 1. The molecule has 0 unspecified atom stereocenters. The first kappa shape index (κ1) is 27.2. The number of aryl methyl sites for hydroxylation is 5. The van der Waals surface area contributed by atoms with Crippen molar-refractivity contribution in [1.29, 1.82) is 0 Å². The van der Waals surface area contributed by atoms with E-state index >= 15 is 0 Å². The lowest BCUT2D eigenvalue weighted by Crippen LogP contribution is -2.49. The largest absolute Gasteiger partial charge is 0.369 e. The number of pyridine rings is 1. The molecule has 0 bridgehead atoms. The van der Waals surface area contributed by atoms with Crippen LogP contribution in [0.5, 0.6) is 0 Å². The highest BCUT2D eigenvalue weighted by Gasteiger charge is 2.33. The van der Waals surface area contributed by atoms with Crippen LogP contribution < -0.4 is 10.5 Å². The summed E-state index contributed by atoms with van der Waals surface area (Å²) < 4.78 is 1.86. The van der Waals surface area contributed by atoms with Crippen LogP contribution >= 0.6 is 11.6 Å². The molecule has 210 valence electrons. The van der Waals surface area contributed by atoms with Gasteiger partial charge in [-0.2, -0.15) is 0 Å². The second kappa shape index (κ2) is 11.5. The lowest BCUT2D eigenvalue weighted by Gasteiger charge is -2.40. The van der Waals surface area contributed by atoms with E-state index in [1.807, 2.05) is 48.0 Å². The van der Waals surface area contributed by atoms with Crippen molar-refractivity contribution in [3.05, 3.63) is 116 Å². The summed E-state index contributed by atoms with van der Waals surface area (Å²) in [6.45, 7) is 9.92. The summed E-state index contributed by atoms with van der Waals surface area (Å²) in [5.74, 6) is 0.682. The van der Waals surface area contributed by atoms with Gasteiger partial charge in [0.1, 0.15) is 6.04 Å². The lowest BCUT2D eigenvalue weighted by molar-refractivity contribution is 0.199. The number of benzene rings is 3. The van der Waals surface area contributed by atoms with E-state index in [1.165, 1.54) is 11.1 Å². The Kier molecular flexibility index (Phi) is 7.60. The molecule has 0 aliphatic carbocycles. The number of H-pyrrole nitrogens is 1. The van der Waals surface area contributed by atoms with Gasteiger partial charge >= 0.3 is 0 Å². The summed E-state index contributed by atoms with van der Waals surface area (Å²) in [5, 5.41) is 14.7. The first-order valence-corrected chi connectivity index (χ1v) is 14.4. The molecule has 2 aromatic heterocycles. The highest BCUT2D eigenvalue weighted by Crippen LogP contribution is 2.31. The quantitative estimate of drug-likeness (QED) is 0.289. The van der Waals surface area contributed by atoms with Gasteiger partial charge in [0.2, 0.25) is 0 Å². The molecule has 3 heterocycles. The molecule has 41 heavy (non-hydrogen) atoms. The van der Waals surface area contributed by atoms with Crippen molar-refractivity contribution in [2.24, 2.45) is 0 Å². The molecule has 6 rings (SSSR count). The van der Waals surface area contributed by atoms with Crippen LogP contribution in [0.1, 0.15) is 39.7 Å². The van der Waals surface area contributed by atoms with E-state index in [0.29, 0.717) is 17.9 Å². The molecule has 5 aromatic rings. The molecule has 0 amide bonds. The van der Waals surface area contributed by atoms with Crippen LogP contribution in [0.25, 0.3) is 10.9 Å². The van der Waals surface area contributed by atoms with Crippen LogP contribution in [-0.2, 0) is 13.0 Å². The Morgan fingerprint density at radius 2 is 1.68 bits per heavy atom. The zero-order valence-corrected chi connectivity index (χ0v) is 24.4. The second-order valence-electron chi connectivity index (χ2n) is 10.9. The van der Waals surface area contributed by atoms with Crippen LogP contribution in [0.3, 0.4) is 0 Å². The molecule has 3 aromatic carbocycles. The smallest absolute Gasteiger partial charge is 0.253 e. The van der Waals surface area contributed by atoms with Crippen LogP contribution in [0.4, 0.5) is 5.69 Å². The predicted molar refractivity (Wildman–Crippen MR) is 164 cm³/mol. The van der Waals surface area contributed by atoms with Gasteiger partial charge in [-0.3, -0.25) is 9.69 Å². The molecule has 1 aliphatic rings. The Morgan fingerprint density at radius 3 is 2.46 bits per heavy atom. The van der Waals surface area contributed by atoms with E-state index in [-0.39, 0.29) is 5.56 Å². The summed E-state index contributed by atoms with van der Waals surface area (Å²) in [4.78, 5) is 21.6. The molecule has 8 nitrogen and oxygen atoms in total. The minimum Gasteiger partial charge on any atom is -0.369 e. The highest BCUT2D eigenvalue weighted by atomic mass is 35.5. The van der Waals surface area contributed by atoms with Crippen molar-refractivity contribution < 1.29 is 0 Å². The molecule has 0 radical (unpaired) electrons. The number of nitrogens with zero attached hydrogens (tertiary/aromatic N) is 6. The molecule has 1 atom stereocenters. The van der Waals surface area contributed by atoms with E-state index in [2.05, 4.69) is 74.5 Å². The normalized spacial score (nSPS) is 15.0. The van der Waals surface area contributed by atoms with Crippen molar-refractivity contribution >= 4 is 28.2 Å². The standard InChI is InChI=1S/C32H34ClN7O/c1-21-9-11-25-19-27(32(41)34-29(25)23(21)3)30(31-35-36-37-40(31)14-13-24-7-5-4-6-8-24)39-17-15-38(16-18-39)28-20-26(33)12-10-22(28)2/h4-12,19-20,30H,13-18H2,1-3H3,(H,34,41)/t30-/m0/s1. The van der Waals surface area contributed by atoms with Crippen molar-refractivity contribution in [1.82, 2.24) is 30.1 Å². The Morgan fingerprint density at radius 1 is 0.927 bits per heavy atom. The Balaban J connectivity index is 1.37. The fourth-order valence-corrected chi connectivity index (χ4v) is 6.00. The van der Waals surface area contributed by atoms with Gasteiger partial charge in [-0.15, -0.1) is 5.10 Å². The predicted octanol–water partition coefficient (Wildman–Crippen LogP) is 5.25. The number of tetrazole rings is 1. The fourth-order valence-electron chi connectivity index (χ4n) is 5.83. The summed E-state index contributed by atoms with van der Waals surface area (Å²) in [6.07, 6.45) is 0.792. The van der Waals surface area contributed by atoms with Crippen LogP contribution in [0.15, 0.2) is 71.5 Å². The third-order valence-corrected chi connectivity index (χ3v) is 8.56.